The van der Waals surface area contributed by atoms with E-state index in [1.165, 1.54) is 0 Å². The molecular formula is C16H26N2O2. The fourth-order valence-corrected chi connectivity index (χ4v) is 1.61. The number of nitrogens with one attached hydrogen (secondary N) is 2. The lowest BCUT2D eigenvalue weighted by atomic mass is 10.1. The first-order chi connectivity index (χ1) is 9.38. The summed E-state index contributed by atoms with van der Waals surface area (Å²) in [7, 11) is 0. The molecule has 2 N–H and O–H groups in total. The minimum absolute atomic E-state index is 0.138. The molecule has 2 amide bonds. The van der Waals surface area contributed by atoms with Gasteiger partial charge in [0, 0.05) is 12.6 Å². The van der Waals surface area contributed by atoms with Crippen LogP contribution in [-0.4, -0.2) is 18.2 Å². The Bertz CT molecular complexity index is 430. The van der Waals surface area contributed by atoms with Crippen LogP contribution < -0.4 is 15.4 Å². The highest BCUT2D eigenvalue weighted by atomic mass is 16.5. The summed E-state index contributed by atoms with van der Waals surface area (Å²) in [6, 6.07) is 7.80. The van der Waals surface area contributed by atoms with Crippen LogP contribution in [0, 0.1) is 5.92 Å². The van der Waals surface area contributed by atoms with Gasteiger partial charge in [0.05, 0.1) is 6.10 Å². The Kier molecular flexibility index (Phi) is 6.36. The molecule has 0 aliphatic heterocycles. The molecule has 4 nitrogen and oxygen atoms in total. The third-order valence-electron chi connectivity index (χ3n) is 3.08. The molecule has 0 saturated heterocycles. The van der Waals surface area contributed by atoms with Crippen molar-refractivity contribution in [1.29, 1.82) is 0 Å². The molecule has 0 aliphatic rings. The van der Waals surface area contributed by atoms with Crippen LogP contribution in [0.15, 0.2) is 24.3 Å². The Labute approximate surface area is 121 Å². The van der Waals surface area contributed by atoms with Gasteiger partial charge in [-0.3, -0.25) is 0 Å². The van der Waals surface area contributed by atoms with Crippen molar-refractivity contribution in [3.8, 4) is 5.75 Å². The topological polar surface area (TPSA) is 50.4 Å². The Balaban J connectivity index is 2.47. The zero-order valence-electron chi connectivity index (χ0n) is 13.1. The molecule has 1 aromatic carbocycles. The van der Waals surface area contributed by atoms with Crippen LogP contribution in [0.5, 0.6) is 5.75 Å². The van der Waals surface area contributed by atoms with Gasteiger partial charge in [0.25, 0.3) is 0 Å². The van der Waals surface area contributed by atoms with E-state index in [0.29, 0.717) is 12.5 Å². The molecule has 0 spiro atoms. The number of benzene rings is 1. The quantitative estimate of drug-likeness (QED) is 0.838. The van der Waals surface area contributed by atoms with Gasteiger partial charge in [0.1, 0.15) is 5.75 Å². The van der Waals surface area contributed by atoms with Crippen LogP contribution >= 0.6 is 0 Å². The molecule has 0 aromatic heterocycles. The molecule has 0 radical (unpaired) electrons. The fourth-order valence-electron chi connectivity index (χ4n) is 1.61. The lowest BCUT2D eigenvalue weighted by molar-refractivity contribution is 0.233. The number of amides is 2. The van der Waals surface area contributed by atoms with E-state index in [0.717, 1.165) is 11.3 Å². The largest absolute Gasteiger partial charge is 0.491 e. The van der Waals surface area contributed by atoms with Crippen LogP contribution in [0.2, 0.25) is 0 Å². The first kappa shape index (κ1) is 16.3. The van der Waals surface area contributed by atoms with Crippen LogP contribution in [0.1, 0.15) is 40.2 Å². The van der Waals surface area contributed by atoms with Crippen LogP contribution in [0.3, 0.4) is 0 Å². The minimum Gasteiger partial charge on any atom is -0.491 e. The Morgan fingerprint density at radius 1 is 1.20 bits per heavy atom. The lowest BCUT2D eigenvalue weighted by Gasteiger charge is -2.18. The van der Waals surface area contributed by atoms with Crippen LogP contribution in [-0.2, 0) is 6.54 Å². The molecule has 112 valence electrons. The van der Waals surface area contributed by atoms with Crippen molar-refractivity contribution in [2.24, 2.45) is 5.92 Å². The van der Waals surface area contributed by atoms with Crippen molar-refractivity contribution in [3.63, 3.8) is 0 Å². The van der Waals surface area contributed by atoms with E-state index in [2.05, 4.69) is 24.5 Å². The number of ether oxygens (including phenoxy) is 1. The third kappa shape index (κ3) is 5.95. The van der Waals surface area contributed by atoms with Crippen molar-refractivity contribution in [2.75, 3.05) is 0 Å². The Morgan fingerprint density at radius 2 is 1.90 bits per heavy atom. The molecule has 0 heterocycles. The second-order valence-electron chi connectivity index (χ2n) is 5.67. The highest BCUT2D eigenvalue weighted by Crippen LogP contribution is 2.14. The summed E-state index contributed by atoms with van der Waals surface area (Å²) >= 11 is 0. The number of rotatable bonds is 6. The van der Waals surface area contributed by atoms with Gasteiger partial charge < -0.3 is 15.4 Å². The summed E-state index contributed by atoms with van der Waals surface area (Å²) in [5.74, 6) is 1.25. The summed E-state index contributed by atoms with van der Waals surface area (Å²) < 4.78 is 5.63. The molecular weight excluding hydrogens is 252 g/mol. The predicted octanol–water partition coefficient (Wildman–Crippen LogP) is 3.32. The molecule has 1 atom stereocenters. The van der Waals surface area contributed by atoms with Crippen molar-refractivity contribution in [1.82, 2.24) is 10.6 Å². The zero-order valence-corrected chi connectivity index (χ0v) is 13.1. The summed E-state index contributed by atoms with van der Waals surface area (Å²) in [6.07, 6.45) is 0.147. The fraction of sp³-hybridized carbons (Fsp3) is 0.562. The molecule has 1 aromatic rings. The first-order valence-corrected chi connectivity index (χ1v) is 7.18. The summed E-state index contributed by atoms with van der Waals surface area (Å²) in [5.41, 5.74) is 1.02. The van der Waals surface area contributed by atoms with Gasteiger partial charge in [-0.1, -0.05) is 26.0 Å². The van der Waals surface area contributed by atoms with Gasteiger partial charge in [-0.2, -0.15) is 0 Å². The van der Waals surface area contributed by atoms with Crippen molar-refractivity contribution < 1.29 is 9.53 Å². The Hall–Kier alpha value is -1.71. The van der Waals surface area contributed by atoms with E-state index in [-0.39, 0.29) is 18.2 Å². The van der Waals surface area contributed by atoms with Crippen molar-refractivity contribution in [3.05, 3.63) is 29.8 Å². The first-order valence-electron chi connectivity index (χ1n) is 7.18. The molecule has 0 fully saturated rings. The normalized spacial score (nSPS) is 12.3. The number of carbonyl (C=O) groups is 1. The van der Waals surface area contributed by atoms with E-state index in [1.54, 1.807) is 0 Å². The number of urea groups is 1. The molecule has 1 rings (SSSR count). The second kappa shape index (κ2) is 7.78. The average molecular weight is 278 g/mol. The van der Waals surface area contributed by atoms with Crippen molar-refractivity contribution >= 4 is 6.03 Å². The zero-order chi connectivity index (χ0) is 15.1. The maximum absolute atomic E-state index is 11.7. The lowest BCUT2D eigenvalue weighted by Crippen LogP contribution is -2.42. The van der Waals surface area contributed by atoms with E-state index in [9.17, 15) is 4.79 Å². The minimum atomic E-state index is -0.138. The molecule has 0 aliphatic carbocycles. The summed E-state index contributed by atoms with van der Waals surface area (Å²) in [6.45, 7) is 10.6. The molecule has 1 unspecified atom stereocenters. The maximum Gasteiger partial charge on any atom is 0.315 e. The monoisotopic (exact) mass is 278 g/mol. The standard InChI is InChI=1S/C16H26N2O2/c1-11(2)13(5)18-16(19)17-10-14-7-6-8-15(9-14)20-12(3)4/h6-9,11-13H,10H2,1-5H3,(H2,17,18,19). The maximum atomic E-state index is 11.7. The van der Waals surface area contributed by atoms with E-state index < -0.39 is 0 Å². The van der Waals surface area contributed by atoms with Gasteiger partial charge in [-0.05, 0) is 44.4 Å². The van der Waals surface area contributed by atoms with E-state index in [1.807, 2.05) is 45.0 Å². The molecule has 20 heavy (non-hydrogen) atoms. The van der Waals surface area contributed by atoms with E-state index in [4.69, 9.17) is 4.74 Å². The second-order valence-corrected chi connectivity index (χ2v) is 5.67. The van der Waals surface area contributed by atoms with E-state index >= 15 is 0 Å². The number of hydrogen-bond acceptors (Lipinski definition) is 2. The van der Waals surface area contributed by atoms with Gasteiger partial charge in [0.2, 0.25) is 0 Å². The van der Waals surface area contributed by atoms with Crippen LogP contribution in [0.25, 0.3) is 0 Å². The highest BCUT2D eigenvalue weighted by Gasteiger charge is 2.10. The molecule has 0 bridgehead atoms. The van der Waals surface area contributed by atoms with Gasteiger partial charge in [-0.15, -0.1) is 0 Å². The average Bonchev–Trinajstić information content (AvgIpc) is 2.36. The third-order valence-corrected chi connectivity index (χ3v) is 3.08. The number of carbonyl (C=O) groups excluding carboxylic acids is 1. The van der Waals surface area contributed by atoms with Gasteiger partial charge in [-0.25, -0.2) is 4.79 Å². The summed E-state index contributed by atoms with van der Waals surface area (Å²) in [4.78, 5) is 11.7. The van der Waals surface area contributed by atoms with Gasteiger partial charge in [0.15, 0.2) is 0 Å². The van der Waals surface area contributed by atoms with Crippen molar-refractivity contribution in [2.45, 2.75) is 53.3 Å². The predicted molar refractivity (Wildman–Crippen MR) is 81.9 cm³/mol. The highest BCUT2D eigenvalue weighted by molar-refractivity contribution is 5.74. The summed E-state index contributed by atoms with van der Waals surface area (Å²) in [5, 5.41) is 5.77. The number of hydrogen-bond donors (Lipinski definition) is 2. The van der Waals surface area contributed by atoms with Crippen LogP contribution in [0.4, 0.5) is 4.79 Å². The smallest absolute Gasteiger partial charge is 0.315 e. The van der Waals surface area contributed by atoms with Gasteiger partial charge >= 0.3 is 6.03 Å². The Morgan fingerprint density at radius 3 is 2.50 bits per heavy atom. The molecule has 4 heteroatoms. The SMILES string of the molecule is CC(C)Oc1cccc(CNC(=O)NC(C)C(C)C)c1. The molecule has 0 saturated carbocycles.